The Morgan fingerprint density at radius 3 is 2.75 bits per heavy atom. The molecule has 0 spiro atoms. The van der Waals surface area contributed by atoms with Crippen LogP contribution in [0.1, 0.15) is 40.0 Å². The molecule has 0 saturated heterocycles. The quantitative estimate of drug-likeness (QED) is 0.590. The standard InChI is InChI=1S/C12H20/c1-4-6-11-7-5-8-12(11)9-10(2)3/h5,7-8,10,12H,4,6,9H2,1-3H3. The third-order valence-electron chi connectivity index (χ3n) is 2.39. The molecule has 0 radical (unpaired) electrons. The monoisotopic (exact) mass is 164 g/mol. The van der Waals surface area contributed by atoms with Gasteiger partial charge in [0.05, 0.1) is 0 Å². The molecule has 0 aromatic rings. The minimum Gasteiger partial charge on any atom is -0.0773 e. The van der Waals surface area contributed by atoms with Crippen molar-refractivity contribution in [3.05, 3.63) is 23.8 Å². The molecule has 0 saturated carbocycles. The van der Waals surface area contributed by atoms with Crippen LogP contribution in [-0.4, -0.2) is 0 Å². The van der Waals surface area contributed by atoms with Gasteiger partial charge >= 0.3 is 0 Å². The maximum Gasteiger partial charge on any atom is -0.00146 e. The molecule has 0 heteroatoms. The van der Waals surface area contributed by atoms with Gasteiger partial charge in [-0.2, -0.15) is 0 Å². The van der Waals surface area contributed by atoms with Gasteiger partial charge in [0.25, 0.3) is 0 Å². The van der Waals surface area contributed by atoms with Gasteiger partial charge in [-0.05, 0) is 24.7 Å². The van der Waals surface area contributed by atoms with Crippen molar-refractivity contribution in [3.8, 4) is 0 Å². The summed E-state index contributed by atoms with van der Waals surface area (Å²) in [6.07, 6.45) is 10.8. The first-order valence-electron chi connectivity index (χ1n) is 5.11. The van der Waals surface area contributed by atoms with E-state index in [9.17, 15) is 0 Å². The van der Waals surface area contributed by atoms with Gasteiger partial charge in [0.15, 0.2) is 0 Å². The fourth-order valence-corrected chi connectivity index (χ4v) is 1.86. The lowest BCUT2D eigenvalue weighted by atomic mass is 9.90. The topological polar surface area (TPSA) is 0 Å². The first-order valence-corrected chi connectivity index (χ1v) is 5.11. The van der Waals surface area contributed by atoms with Crippen LogP contribution in [0.4, 0.5) is 0 Å². The SMILES string of the molecule is CCCC1=CC=CC1CC(C)C. The van der Waals surface area contributed by atoms with E-state index in [-0.39, 0.29) is 0 Å². The Morgan fingerprint density at radius 2 is 2.17 bits per heavy atom. The maximum atomic E-state index is 2.35. The molecule has 0 amide bonds. The van der Waals surface area contributed by atoms with Crippen molar-refractivity contribution < 1.29 is 0 Å². The molecule has 1 aliphatic rings. The smallest absolute Gasteiger partial charge is 0.00146 e. The van der Waals surface area contributed by atoms with E-state index in [1.807, 2.05) is 0 Å². The van der Waals surface area contributed by atoms with Gasteiger partial charge in [-0.1, -0.05) is 51.0 Å². The second-order valence-electron chi connectivity index (χ2n) is 4.11. The Labute approximate surface area is 76.4 Å². The molecule has 0 bridgehead atoms. The van der Waals surface area contributed by atoms with Gasteiger partial charge in [0.2, 0.25) is 0 Å². The Kier molecular flexibility index (Phi) is 3.58. The zero-order valence-corrected chi connectivity index (χ0v) is 8.51. The molecule has 0 aromatic heterocycles. The summed E-state index contributed by atoms with van der Waals surface area (Å²) in [5.74, 6) is 1.57. The van der Waals surface area contributed by atoms with Crippen LogP contribution < -0.4 is 0 Å². The Balaban J connectivity index is 2.43. The minimum atomic E-state index is 0.755. The van der Waals surface area contributed by atoms with Crippen LogP contribution in [-0.2, 0) is 0 Å². The second-order valence-corrected chi connectivity index (χ2v) is 4.11. The van der Waals surface area contributed by atoms with E-state index in [1.165, 1.54) is 19.3 Å². The van der Waals surface area contributed by atoms with Gasteiger partial charge in [0, 0.05) is 0 Å². The zero-order valence-electron chi connectivity index (χ0n) is 8.51. The lowest BCUT2D eigenvalue weighted by molar-refractivity contribution is 0.511. The number of hydrogen-bond donors (Lipinski definition) is 0. The Bertz CT molecular complexity index is 184. The first-order chi connectivity index (χ1) is 5.74. The molecular formula is C12H20. The minimum absolute atomic E-state index is 0.755. The van der Waals surface area contributed by atoms with Crippen LogP contribution in [0, 0.1) is 11.8 Å². The highest BCUT2D eigenvalue weighted by molar-refractivity contribution is 5.27. The summed E-state index contributed by atoms with van der Waals surface area (Å²) >= 11 is 0. The molecule has 1 atom stereocenters. The number of hydrogen-bond acceptors (Lipinski definition) is 0. The summed E-state index contributed by atoms with van der Waals surface area (Å²) in [4.78, 5) is 0. The Hall–Kier alpha value is -0.520. The second kappa shape index (κ2) is 4.49. The fraction of sp³-hybridized carbons (Fsp3) is 0.667. The predicted octanol–water partition coefficient (Wildman–Crippen LogP) is 3.95. The molecule has 0 fully saturated rings. The van der Waals surface area contributed by atoms with Crippen molar-refractivity contribution in [2.45, 2.75) is 40.0 Å². The van der Waals surface area contributed by atoms with Crippen LogP contribution in [0.15, 0.2) is 23.8 Å². The van der Waals surface area contributed by atoms with E-state index in [0.29, 0.717) is 0 Å². The largest absolute Gasteiger partial charge is 0.0773 e. The maximum absolute atomic E-state index is 2.35. The molecular weight excluding hydrogens is 144 g/mol. The summed E-state index contributed by atoms with van der Waals surface area (Å²) < 4.78 is 0. The lowest BCUT2D eigenvalue weighted by Crippen LogP contribution is -2.02. The van der Waals surface area contributed by atoms with Gasteiger partial charge < -0.3 is 0 Å². The summed E-state index contributed by atoms with van der Waals surface area (Å²) in [5, 5.41) is 0. The zero-order chi connectivity index (χ0) is 8.97. The van der Waals surface area contributed by atoms with E-state index < -0.39 is 0 Å². The number of allylic oxidation sites excluding steroid dienone is 4. The molecule has 68 valence electrons. The van der Waals surface area contributed by atoms with E-state index in [1.54, 1.807) is 5.57 Å². The Morgan fingerprint density at radius 1 is 1.42 bits per heavy atom. The molecule has 0 aliphatic heterocycles. The summed E-state index contributed by atoms with van der Waals surface area (Å²) in [6, 6.07) is 0. The van der Waals surface area contributed by atoms with Gasteiger partial charge in [0.1, 0.15) is 0 Å². The third-order valence-corrected chi connectivity index (χ3v) is 2.39. The fourth-order valence-electron chi connectivity index (χ4n) is 1.86. The van der Waals surface area contributed by atoms with Crippen LogP contribution in [0.2, 0.25) is 0 Å². The van der Waals surface area contributed by atoms with Crippen molar-refractivity contribution in [3.63, 3.8) is 0 Å². The average Bonchev–Trinajstić information content (AvgIpc) is 2.37. The van der Waals surface area contributed by atoms with Crippen LogP contribution >= 0.6 is 0 Å². The molecule has 1 rings (SSSR count). The van der Waals surface area contributed by atoms with Gasteiger partial charge in [-0.15, -0.1) is 0 Å². The van der Waals surface area contributed by atoms with E-state index in [0.717, 1.165) is 11.8 Å². The van der Waals surface area contributed by atoms with Crippen molar-refractivity contribution >= 4 is 0 Å². The summed E-state index contributed by atoms with van der Waals surface area (Å²) in [7, 11) is 0. The highest BCUT2D eigenvalue weighted by Crippen LogP contribution is 2.28. The lowest BCUT2D eigenvalue weighted by Gasteiger charge is -2.15. The van der Waals surface area contributed by atoms with Crippen LogP contribution in [0.3, 0.4) is 0 Å². The van der Waals surface area contributed by atoms with Gasteiger partial charge in [-0.25, -0.2) is 0 Å². The van der Waals surface area contributed by atoms with Crippen LogP contribution in [0.25, 0.3) is 0 Å². The molecule has 0 nitrogen and oxygen atoms in total. The van der Waals surface area contributed by atoms with E-state index in [2.05, 4.69) is 39.0 Å². The van der Waals surface area contributed by atoms with Crippen LogP contribution in [0.5, 0.6) is 0 Å². The van der Waals surface area contributed by atoms with Crippen molar-refractivity contribution in [2.75, 3.05) is 0 Å². The molecule has 0 heterocycles. The van der Waals surface area contributed by atoms with Crippen molar-refractivity contribution in [2.24, 2.45) is 11.8 Å². The number of rotatable bonds is 4. The van der Waals surface area contributed by atoms with Gasteiger partial charge in [-0.3, -0.25) is 0 Å². The van der Waals surface area contributed by atoms with E-state index >= 15 is 0 Å². The normalized spacial score (nSPS) is 22.0. The van der Waals surface area contributed by atoms with Crippen molar-refractivity contribution in [1.82, 2.24) is 0 Å². The molecule has 0 N–H and O–H groups in total. The molecule has 12 heavy (non-hydrogen) atoms. The third kappa shape index (κ3) is 2.51. The molecule has 1 aliphatic carbocycles. The van der Waals surface area contributed by atoms with E-state index in [4.69, 9.17) is 0 Å². The first kappa shape index (κ1) is 9.57. The van der Waals surface area contributed by atoms with Crippen molar-refractivity contribution in [1.29, 1.82) is 0 Å². The molecule has 0 aromatic carbocycles. The predicted molar refractivity (Wildman–Crippen MR) is 55.1 cm³/mol. The summed E-state index contributed by atoms with van der Waals surface area (Å²) in [5.41, 5.74) is 1.64. The average molecular weight is 164 g/mol. The summed E-state index contributed by atoms with van der Waals surface area (Å²) in [6.45, 7) is 6.86. The highest BCUT2D eigenvalue weighted by atomic mass is 14.2. The molecule has 1 unspecified atom stereocenters. The highest BCUT2D eigenvalue weighted by Gasteiger charge is 2.14.